The third-order valence-corrected chi connectivity index (χ3v) is 11.7. The molecular weight excluding hydrogens is 512 g/mol. The molecule has 0 aromatic carbocycles. The molecule has 0 aromatic heterocycles. The lowest BCUT2D eigenvalue weighted by molar-refractivity contribution is -0.215. The molecule has 1 saturated heterocycles. The zero-order chi connectivity index (χ0) is 29.3. The summed E-state index contributed by atoms with van der Waals surface area (Å²) in [7, 11) is 0. The molecule has 3 saturated carbocycles. The standard InChI is InChI=1S/C32H50O8/c1-6-7-8-9-10-11-12-13-14-15-22(34)39-30-17-20(3)31(37)21-16-19(2)25(35)32(21,38)27(36)29(18-33)26(40-29)23(31)24(30)28(30,4)5/h16,20-21,23-24,26-27,33,36-38H,6-15,17-18H2,1-5H3/t20-,21+,23-,24-,26+,27-,29+,30+,31-,32-/m1/s1. The van der Waals surface area contributed by atoms with Crippen molar-refractivity contribution in [3.63, 3.8) is 0 Å². The molecule has 226 valence electrons. The van der Waals surface area contributed by atoms with Crippen LogP contribution in [0.3, 0.4) is 0 Å². The van der Waals surface area contributed by atoms with Crippen LogP contribution >= 0.6 is 0 Å². The Morgan fingerprint density at radius 2 is 1.68 bits per heavy atom. The maximum absolute atomic E-state index is 13.2. The minimum atomic E-state index is -2.30. The van der Waals surface area contributed by atoms with Crippen LogP contribution in [0, 0.1) is 29.1 Å². The summed E-state index contributed by atoms with van der Waals surface area (Å²) in [5.41, 5.74) is -6.50. The first-order valence-electron chi connectivity index (χ1n) is 15.7. The number of carbonyl (C=O) groups is 2. The van der Waals surface area contributed by atoms with E-state index < -0.39 is 70.2 Å². The van der Waals surface area contributed by atoms with Gasteiger partial charge in [-0.25, -0.2) is 0 Å². The lowest BCUT2D eigenvalue weighted by atomic mass is 9.59. The van der Waals surface area contributed by atoms with E-state index in [-0.39, 0.29) is 17.5 Å². The number of rotatable bonds is 12. The topological polar surface area (TPSA) is 137 Å². The number of hydrogen-bond donors (Lipinski definition) is 4. The van der Waals surface area contributed by atoms with E-state index in [4.69, 9.17) is 9.47 Å². The van der Waals surface area contributed by atoms with Crippen molar-refractivity contribution in [1.82, 2.24) is 0 Å². The predicted molar refractivity (Wildman–Crippen MR) is 148 cm³/mol. The van der Waals surface area contributed by atoms with Crippen LogP contribution in [0.4, 0.5) is 0 Å². The zero-order valence-electron chi connectivity index (χ0n) is 24.9. The molecule has 1 aliphatic heterocycles. The monoisotopic (exact) mass is 562 g/mol. The Balaban J connectivity index is 1.32. The minimum Gasteiger partial charge on any atom is -0.458 e. The second-order valence-electron chi connectivity index (χ2n) is 14.2. The van der Waals surface area contributed by atoms with Gasteiger partial charge < -0.3 is 29.9 Å². The first kappa shape index (κ1) is 30.1. The van der Waals surface area contributed by atoms with Crippen LogP contribution in [0.5, 0.6) is 0 Å². The maximum atomic E-state index is 13.2. The summed E-state index contributed by atoms with van der Waals surface area (Å²) < 4.78 is 12.3. The summed E-state index contributed by atoms with van der Waals surface area (Å²) in [4.78, 5) is 26.4. The summed E-state index contributed by atoms with van der Waals surface area (Å²) in [6, 6.07) is 0. The Hall–Kier alpha value is -1.32. The van der Waals surface area contributed by atoms with Crippen molar-refractivity contribution < 1.29 is 39.5 Å². The average Bonchev–Trinajstić information content (AvgIpc) is 3.73. The molecule has 8 nitrogen and oxygen atoms in total. The fourth-order valence-corrected chi connectivity index (χ4v) is 9.28. The third-order valence-electron chi connectivity index (χ3n) is 11.7. The number of aliphatic hydroxyl groups excluding tert-OH is 2. The molecule has 8 heteroatoms. The van der Waals surface area contributed by atoms with E-state index in [9.17, 15) is 30.0 Å². The Morgan fingerprint density at radius 3 is 2.27 bits per heavy atom. The van der Waals surface area contributed by atoms with Crippen LogP contribution < -0.4 is 0 Å². The second-order valence-corrected chi connectivity index (χ2v) is 14.2. The molecule has 10 atom stereocenters. The van der Waals surface area contributed by atoms with Gasteiger partial charge in [-0.2, -0.15) is 0 Å². The summed E-state index contributed by atoms with van der Waals surface area (Å²) in [6.45, 7) is 9.11. The fraction of sp³-hybridized carbons (Fsp3) is 0.875. The Morgan fingerprint density at radius 1 is 1.07 bits per heavy atom. The van der Waals surface area contributed by atoms with Crippen LogP contribution in [0.2, 0.25) is 0 Å². The molecule has 1 heterocycles. The molecule has 4 fully saturated rings. The number of hydrogen-bond acceptors (Lipinski definition) is 8. The number of esters is 1. The van der Waals surface area contributed by atoms with E-state index in [1.807, 2.05) is 20.8 Å². The van der Waals surface area contributed by atoms with Crippen LogP contribution in [0.25, 0.3) is 0 Å². The molecule has 0 aromatic rings. The van der Waals surface area contributed by atoms with Crippen molar-refractivity contribution >= 4 is 11.8 Å². The van der Waals surface area contributed by atoms with Gasteiger partial charge in [0.1, 0.15) is 17.3 Å². The average molecular weight is 563 g/mol. The molecule has 0 unspecified atom stereocenters. The van der Waals surface area contributed by atoms with Crippen molar-refractivity contribution in [3.8, 4) is 0 Å². The van der Waals surface area contributed by atoms with E-state index in [1.54, 1.807) is 13.0 Å². The van der Waals surface area contributed by atoms with Gasteiger partial charge in [-0.3, -0.25) is 9.59 Å². The van der Waals surface area contributed by atoms with Gasteiger partial charge in [0.25, 0.3) is 0 Å². The van der Waals surface area contributed by atoms with Crippen LogP contribution in [0.15, 0.2) is 11.6 Å². The number of epoxide rings is 1. The Labute approximate surface area is 238 Å². The van der Waals surface area contributed by atoms with Crippen molar-refractivity contribution in [3.05, 3.63) is 11.6 Å². The highest BCUT2D eigenvalue weighted by Gasteiger charge is 2.90. The number of aliphatic hydroxyl groups is 4. The van der Waals surface area contributed by atoms with Crippen molar-refractivity contribution in [2.75, 3.05) is 6.61 Å². The first-order chi connectivity index (χ1) is 18.8. The lowest BCUT2D eigenvalue weighted by Crippen LogP contribution is -2.65. The smallest absolute Gasteiger partial charge is 0.306 e. The number of carbonyl (C=O) groups excluding carboxylic acids is 2. The summed E-state index contributed by atoms with van der Waals surface area (Å²) in [5.74, 6) is -3.39. The Bertz CT molecular complexity index is 1050. The molecule has 0 radical (unpaired) electrons. The van der Waals surface area contributed by atoms with Gasteiger partial charge in [0.15, 0.2) is 11.4 Å². The van der Waals surface area contributed by atoms with Crippen molar-refractivity contribution in [2.45, 2.75) is 140 Å². The van der Waals surface area contributed by atoms with Crippen LogP contribution in [-0.2, 0) is 19.1 Å². The highest BCUT2D eigenvalue weighted by molar-refractivity contribution is 6.05. The molecule has 4 N–H and O–H groups in total. The largest absolute Gasteiger partial charge is 0.458 e. The Kier molecular flexibility index (Phi) is 7.65. The van der Waals surface area contributed by atoms with Gasteiger partial charge in [-0.15, -0.1) is 0 Å². The first-order valence-corrected chi connectivity index (χ1v) is 15.7. The predicted octanol–water partition coefficient (Wildman–Crippen LogP) is 3.61. The number of ether oxygens (including phenoxy) is 2. The highest BCUT2D eigenvalue weighted by atomic mass is 16.6. The maximum Gasteiger partial charge on any atom is 0.306 e. The molecule has 0 bridgehead atoms. The normalized spacial score (nSPS) is 45.9. The number of fused-ring (bicyclic) bond motifs is 7. The summed E-state index contributed by atoms with van der Waals surface area (Å²) in [5, 5.41) is 46.1. The van der Waals surface area contributed by atoms with Crippen molar-refractivity contribution in [1.29, 1.82) is 0 Å². The molecule has 5 rings (SSSR count). The van der Waals surface area contributed by atoms with E-state index in [2.05, 4.69) is 6.92 Å². The van der Waals surface area contributed by atoms with E-state index in [1.165, 1.54) is 38.5 Å². The molecule has 40 heavy (non-hydrogen) atoms. The van der Waals surface area contributed by atoms with Crippen LogP contribution in [0.1, 0.15) is 105 Å². The SMILES string of the molecule is CCCCCCCCCCCC(=O)O[C@@]12C[C@@H](C)[C@]3(O)[C@H]([C@@H]1C2(C)C)[C@@H]1O[C@]1(CO)[C@@H](O)[C@]1(O)C(=O)C(C)=C[C@H]13. The molecule has 0 amide bonds. The summed E-state index contributed by atoms with van der Waals surface area (Å²) in [6.07, 6.45) is 10.3. The van der Waals surface area contributed by atoms with Crippen molar-refractivity contribution in [2.24, 2.45) is 29.1 Å². The van der Waals surface area contributed by atoms with E-state index >= 15 is 0 Å². The number of unbranched alkanes of at least 4 members (excludes halogenated alkanes) is 8. The van der Waals surface area contributed by atoms with Crippen LogP contribution in [-0.4, -0.2) is 73.4 Å². The zero-order valence-corrected chi connectivity index (χ0v) is 24.9. The number of Topliss-reactive ketones (excluding diaryl/α,β-unsaturated/α-hetero) is 1. The van der Waals surface area contributed by atoms with Gasteiger partial charge in [0.2, 0.25) is 0 Å². The molecule has 4 aliphatic carbocycles. The highest BCUT2D eigenvalue weighted by Crippen LogP contribution is 2.79. The molecular formula is C32H50O8. The van der Waals surface area contributed by atoms with E-state index in [0.717, 1.165) is 19.3 Å². The van der Waals surface area contributed by atoms with Gasteiger partial charge in [0, 0.05) is 29.6 Å². The quantitative estimate of drug-likeness (QED) is 0.161. The third kappa shape index (κ3) is 3.95. The fourth-order valence-electron chi connectivity index (χ4n) is 9.28. The lowest BCUT2D eigenvalue weighted by Gasteiger charge is -2.51. The van der Waals surface area contributed by atoms with Gasteiger partial charge in [-0.1, -0.05) is 85.1 Å². The molecule has 5 aliphatic rings. The van der Waals surface area contributed by atoms with Gasteiger partial charge in [0.05, 0.1) is 18.3 Å². The second kappa shape index (κ2) is 10.1. The van der Waals surface area contributed by atoms with E-state index in [0.29, 0.717) is 12.8 Å². The van der Waals surface area contributed by atoms with Gasteiger partial charge in [-0.05, 0) is 31.3 Å². The molecule has 0 spiro atoms. The minimum absolute atomic E-state index is 0.238. The van der Waals surface area contributed by atoms with Gasteiger partial charge >= 0.3 is 5.97 Å². The summed E-state index contributed by atoms with van der Waals surface area (Å²) >= 11 is 0. The number of ketones is 1.